The number of phenols is 1. The normalized spacial score (nSPS) is 18.4. The molecule has 0 aromatic heterocycles. The Labute approximate surface area is 183 Å². The van der Waals surface area contributed by atoms with E-state index in [2.05, 4.69) is 0 Å². The van der Waals surface area contributed by atoms with Gasteiger partial charge in [-0.1, -0.05) is 12.8 Å². The second-order valence-corrected chi connectivity index (χ2v) is 8.13. The molecule has 10 nitrogen and oxygen atoms in total. The Balaban J connectivity index is 1.81. The van der Waals surface area contributed by atoms with E-state index in [0.717, 1.165) is 36.6 Å². The first-order valence-electron chi connectivity index (χ1n) is 9.99. The molecule has 2 aliphatic heterocycles. The van der Waals surface area contributed by atoms with Crippen molar-refractivity contribution in [3.8, 4) is 11.5 Å². The van der Waals surface area contributed by atoms with Crippen molar-refractivity contribution in [3.05, 3.63) is 32.7 Å². The minimum atomic E-state index is -0.763. The van der Waals surface area contributed by atoms with Crippen LogP contribution in [-0.2, 0) is 9.59 Å². The number of imide groups is 1. The number of aromatic hydroxyl groups is 1. The van der Waals surface area contributed by atoms with Crippen LogP contribution in [0.1, 0.15) is 38.2 Å². The van der Waals surface area contributed by atoms with E-state index in [4.69, 9.17) is 4.74 Å². The number of likely N-dealkylation sites (tertiary alicyclic amines) is 1. The highest BCUT2D eigenvalue weighted by Crippen LogP contribution is 2.39. The molecule has 0 unspecified atom stereocenters. The second-order valence-electron chi connectivity index (χ2n) is 7.14. The number of carbonyl (C=O) groups is 3. The lowest BCUT2D eigenvalue weighted by Crippen LogP contribution is -2.42. The Hall–Kier alpha value is -3.08. The van der Waals surface area contributed by atoms with Gasteiger partial charge in [-0.05, 0) is 49.2 Å². The van der Waals surface area contributed by atoms with Crippen molar-refractivity contribution in [1.82, 2.24) is 9.80 Å². The molecule has 3 amide bonds. The van der Waals surface area contributed by atoms with Gasteiger partial charge >= 0.3 is 5.69 Å². The van der Waals surface area contributed by atoms with Crippen LogP contribution in [0.4, 0.5) is 10.5 Å². The molecule has 0 saturated carbocycles. The summed E-state index contributed by atoms with van der Waals surface area (Å²) in [5.41, 5.74) is -0.356. The van der Waals surface area contributed by atoms with Crippen molar-refractivity contribution in [2.45, 2.75) is 32.6 Å². The summed E-state index contributed by atoms with van der Waals surface area (Å²) in [5.74, 6) is -1.62. The molecule has 1 aromatic rings. The minimum absolute atomic E-state index is 0.0381. The maximum Gasteiger partial charge on any atom is 0.315 e. The number of nitro groups is 1. The number of thioether (sulfide) groups is 1. The van der Waals surface area contributed by atoms with Crippen LogP contribution in [0, 0.1) is 10.1 Å². The molecule has 1 N–H and O–H groups in total. The third kappa shape index (κ3) is 5.16. The monoisotopic (exact) mass is 449 g/mol. The first-order chi connectivity index (χ1) is 14.8. The van der Waals surface area contributed by atoms with Crippen LogP contribution in [0.5, 0.6) is 11.5 Å². The molecule has 11 heteroatoms. The van der Waals surface area contributed by atoms with Crippen LogP contribution < -0.4 is 4.74 Å². The maximum absolute atomic E-state index is 12.7. The quantitative estimate of drug-likeness (QED) is 0.398. The van der Waals surface area contributed by atoms with Gasteiger partial charge in [0.25, 0.3) is 11.1 Å². The zero-order valence-electron chi connectivity index (χ0n) is 17.0. The molecule has 2 saturated heterocycles. The van der Waals surface area contributed by atoms with E-state index in [1.165, 1.54) is 12.1 Å². The third-order valence-corrected chi connectivity index (χ3v) is 5.90. The summed E-state index contributed by atoms with van der Waals surface area (Å²) >= 11 is 0.662. The molecule has 3 rings (SSSR count). The average molecular weight is 449 g/mol. The average Bonchev–Trinajstić information content (AvgIpc) is 2.93. The molecule has 0 atom stereocenters. The molecule has 31 heavy (non-hydrogen) atoms. The minimum Gasteiger partial charge on any atom is -0.500 e. The van der Waals surface area contributed by atoms with Gasteiger partial charge in [-0.2, -0.15) is 0 Å². The van der Waals surface area contributed by atoms with Crippen LogP contribution in [-0.4, -0.2) is 63.1 Å². The number of hydrogen-bond donors (Lipinski definition) is 1. The molecule has 1 aromatic carbocycles. The number of phenolic OH excluding ortho intramolecular Hbond substituents is 1. The number of ether oxygens (including phenoxy) is 1. The van der Waals surface area contributed by atoms with E-state index in [-0.39, 0.29) is 35.3 Å². The van der Waals surface area contributed by atoms with Gasteiger partial charge in [-0.15, -0.1) is 0 Å². The van der Waals surface area contributed by atoms with Crippen molar-refractivity contribution in [2.75, 3.05) is 26.2 Å². The van der Waals surface area contributed by atoms with Crippen molar-refractivity contribution in [3.63, 3.8) is 0 Å². The Bertz CT molecular complexity index is 939. The maximum atomic E-state index is 12.7. The van der Waals surface area contributed by atoms with Crippen molar-refractivity contribution in [2.24, 2.45) is 0 Å². The largest absolute Gasteiger partial charge is 0.500 e. The topological polar surface area (TPSA) is 130 Å². The van der Waals surface area contributed by atoms with E-state index in [1.54, 1.807) is 11.8 Å². The zero-order chi connectivity index (χ0) is 22.5. The number of nitro benzene ring substituents is 1. The molecular weight excluding hydrogens is 426 g/mol. The van der Waals surface area contributed by atoms with Crippen LogP contribution in [0.25, 0.3) is 6.08 Å². The number of amides is 3. The Morgan fingerprint density at radius 3 is 2.55 bits per heavy atom. The zero-order valence-corrected chi connectivity index (χ0v) is 17.9. The van der Waals surface area contributed by atoms with E-state index >= 15 is 0 Å². The summed E-state index contributed by atoms with van der Waals surface area (Å²) in [4.78, 5) is 50.7. The van der Waals surface area contributed by atoms with E-state index in [0.29, 0.717) is 24.9 Å². The SMILES string of the molecule is CCOc1cc(C=C2SC(=O)N(CC(=O)N3CCCCCC3)C2=O)cc([N+](=O)[O-])c1O. The van der Waals surface area contributed by atoms with E-state index in [1.807, 2.05) is 0 Å². The van der Waals surface area contributed by atoms with Gasteiger partial charge in [0, 0.05) is 19.2 Å². The third-order valence-electron chi connectivity index (χ3n) is 5.00. The number of hydrogen-bond acceptors (Lipinski definition) is 8. The van der Waals surface area contributed by atoms with E-state index < -0.39 is 27.5 Å². The van der Waals surface area contributed by atoms with Crippen LogP contribution >= 0.6 is 11.8 Å². The van der Waals surface area contributed by atoms with Gasteiger partial charge in [0.15, 0.2) is 5.75 Å². The molecule has 0 bridgehead atoms. The summed E-state index contributed by atoms with van der Waals surface area (Å²) in [6, 6.07) is 2.44. The van der Waals surface area contributed by atoms with Crippen molar-refractivity contribution < 1.29 is 29.2 Å². The first-order valence-corrected chi connectivity index (χ1v) is 10.8. The van der Waals surface area contributed by atoms with Gasteiger partial charge in [-0.3, -0.25) is 29.4 Å². The number of benzene rings is 1. The molecule has 0 spiro atoms. The van der Waals surface area contributed by atoms with Gasteiger partial charge in [0.05, 0.1) is 16.4 Å². The highest BCUT2D eigenvalue weighted by molar-refractivity contribution is 8.18. The Morgan fingerprint density at radius 1 is 1.26 bits per heavy atom. The van der Waals surface area contributed by atoms with Gasteiger partial charge in [0.2, 0.25) is 11.7 Å². The predicted octanol–water partition coefficient (Wildman–Crippen LogP) is 3.14. The summed E-state index contributed by atoms with van der Waals surface area (Å²) in [6.45, 7) is 2.72. The molecular formula is C20H23N3O7S. The van der Waals surface area contributed by atoms with Crippen LogP contribution in [0.3, 0.4) is 0 Å². The fraction of sp³-hybridized carbons (Fsp3) is 0.450. The summed E-state index contributed by atoms with van der Waals surface area (Å²) in [5, 5.41) is 20.6. The van der Waals surface area contributed by atoms with Crippen molar-refractivity contribution >= 4 is 40.6 Å². The number of rotatable bonds is 6. The fourth-order valence-electron chi connectivity index (χ4n) is 3.44. The van der Waals surface area contributed by atoms with Crippen LogP contribution in [0.15, 0.2) is 17.0 Å². The summed E-state index contributed by atoms with van der Waals surface area (Å²) in [6.07, 6.45) is 5.22. The fourth-order valence-corrected chi connectivity index (χ4v) is 4.28. The standard InChI is InChI=1S/C20H23N3O7S/c1-2-30-15-10-13(9-14(18(15)25)23(28)29)11-16-19(26)22(20(27)31-16)12-17(24)21-7-5-3-4-6-8-21/h9-11,25H,2-8,12H2,1H3. The highest BCUT2D eigenvalue weighted by Gasteiger charge is 2.37. The first kappa shape index (κ1) is 22.6. The lowest BCUT2D eigenvalue weighted by atomic mass is 10.1. The summed E-state index contributed by atoms with van der Waals surface area (Å²) < 4.78 is 5.23. The lowest BCUT2D eigenvalue weighted by molar-refractivity contribution is -0.386. The smallest absolute Gasteiger partial charge is 0.315 e. The molecule has 2 fully saturated rings. The Kier molecular flexibility index (Phi) is 7.16. The van der Waals surface area contributed by atoms with Gasteiger partial charge in [-0.25, -0.2) is 0 Å². The number of nitrogens with zero attached hydrogens (tertiary/aromatic N) is 3. The molecule has 2 heterocycles. The number of carbonyl (C=O) groups excluding carboxylic acids is 3. The molecule has 2 aliphatic rings. The Morgan fingerprint density at radius 2 is 1.94 bits per heavy atom. The molecule has 0 aliphatic carbocycles. The molecule has 0 radical (unpaired) electrons. The summed E-state index contributed by atoms with van der Waals surface area (Å²) in [7, 11) is 0. The molecule has 166 valence electrons. The van der Waals surface area contributed by atoms with Crippen LogP contribution in [0.2, 0.25) is 0 Å². The van der Waals surface area contributed by atoms with Gasteiger partial charge in [0.1, 0.15) is 6.54 Å². The van der Waals surface area contributed by atoms with Crippen molar-refractivity contribution in [1.29, 1.82) is 0 Å². The second kappa shape index (κ2) is 9.82. The lowest BCUT2D eigenvalue weighted by Gasteiger charge is -2.22. The van der Waals surface area contributed by atoms with E-state index in [9.17, 15) is 29.6 Å². The predicted molar refractivity (Wildman–Crippen MR) is 114 cm³/mol. The van der Waals surface area contributed by atoms with Gasteiger partial charge < -0.3 is 14.7 Å². The highest BCUT2D eigenvalue weighted by atomic mass is 32.2.